The molecule has 4 nitrogen and oxygen atoms in total. The number of benzene rings is 1. The van der Waals surface area contributed by atoms with Gasteiger partial charge in [-0.2, -0.15) is 4.31 Å². The van der Waals surface area contributed by atoms with Gasteiger partial charge in [0, 0.05) is 13.1 Å². The summed E-state index contributed by atoms with van der Waals surface area (Å²) in [4.78, 5) is 0. The van der Waals surface area contributed by atoms with E-state index in [1.165, 1.54) is 0 Å². The zero-order valence-corrected chi connectivity index (χ0v) is 12.3. The van der Waals surface area contributed by atoms with Crippen molar-refractivity contribution in [1.82, 2.24) is 4.31 Å². The Hall–Kier alpha value is -0.910. The van der Waals surface area contributed by atoms with Crippen LogP contribution < -0.4 is 0 Å². The number of hydrogen-bond acceptors (Lipinski definition) is 3. The lowest BCUT2D eigenvalue weighted by molar-refractivity contribution is 0.199. The largest absolute Gasteiger partial charge is 0.389 e. The lowest BCUT2D eigenvalue weighted by atomic mass is 10.0. The predicted octanol–water partition coefficient (Wildman–Crippen LogP) is 2.19. The molecule has 0 bridgehead atoms. The Morgan fingerprint density at radius 3 is 2.63 bits per heavy atom. The average Bonchev–Trinajstić information content (AvgIpc) is 2.79. The number of unbranched alkanes of at least 4 members (excludes halogenated alkanes) is 1. The van der Waals surface area contributed by atoms with E-state index in [0.29, 0.717) is 19.5 Å². The van der Waals surface area contributed by atoms with Gasteiger partial charge in [-0.15, -0.1) is 0 Å². The van der Waals surface area contributed by atoms with Gasteiger partial charge < -0.3 is 5.11 Å². The molecule has 0 amide bonds. The van der Waals surface area contributed by atoms with Crippen molar-refractivity contribution in [3.05, 3.63) is 34.9 Å². The summed E-state index contributed by atoms with van der Waals surface area (Å²) in [5.41, 5.74) is 2.90. The van der Waals surface area contributed by atoms with Gasteiger partial charge in [0.2, 0.25) is 10.0 Å². The van der Waals surface area contributed by atoms with Gasteiger partial charge in [0.1, 0.15) is 0 Å². The predicted molar refractivity (Wildman–Crippen MR) is 75.0 cm³/mol. The van der Waals surface area contributed by atoms with Crippen LogP contribution in [-0.4, -0.2) is 23.6 Å². The summed E-state index contributed by atoms with van der Waals surface area (Å²) < 4.78 is 25.9. The first kappa shape index (κ1) is 14.5. The van der Waals surface area contributed by atoms with Crippen molar-refractivity contribution in [3.8, 4) is 0 Å². The summed E-state index contributed by atoms with van der Waals surface area (Å²) in [6.45, 7) is 4.60. The Kier molecular flexibility index (Phi) is 4.28. The van der Waals surface area contributed by atoms with Crippen LogP contribution in [0.5, 0.6) is 0 Å². The molecule has 0 spiro atoms. The quantitative estimate of drug-likeness (QED) is 0.901. The lowest BCUT2D eigenvalue weighted by Gasteiger charge is -2.14. The number of rotatable bonds is 5. The SMILES string of the molecule is CCCCS(=O)(=O)N1Cc2ccc(C(C)O)cc2C1. The highest BCUT2D eigenvalue weighted by Gasteiger charge is 2.28. The van der Waals surface area contributed by atoms with Crippen LogP contribution in [0.2, 0.25) is 0 Å². The van der Waals surface area contributed by atoms with Crippen molar-refractivity contribution >= 4 is 10.0 Å². The first-order chi connectivity index (χ1) is 8.94. The molecule has 0 saturated heterocycles. The Morgan fingerprint density at radius 2 is 2.00 bits per heavy atom. The Morgan fingerprint density at radius 1 is 1.32 bits per heavy atom. The van der Waals surface area contributed by atoms with Crippen molar-refractivity contribution in [2.24, 2.45) is 0 Å². The summed E-state index contributed by atoms with van der Waals surface area (Å²) in [5.74, 6) is 0.223. The first-order valence-electron chi connectivity index (χ1n) is 6.71. The van der Waals surface area contributed by atoms with E-state index in [2.05, 4.69) is 0 Å². The van der Waals surface area contributed by atoms with E-state index in [1.807, 2.05) is 25.1 Å². The molecule has 0 aliphatic carbocycles. The molecule has 1 aliphatic heterocycles. The molecule has 2 rings (SSSR count). The van der Waals surface area contributed by atoms with E-state index in [-0.39, 0.29) is 5.75 Å². The van der Waals surface area contributed by atoms with Gasteiger partial charge in [0.05, 0.1) is 11.9 Å². The molecule has 5 heteroatoms. The number of aliphatic hydroxyl groups is 1. The number of aliphatic hydroxyl groups excluding tert-OH is 1. The molecule has 0 fully saturated rings. The Bertz CT molecular complexity index is 552. The minimum absolute atomic E-state index is 0.223. The van der Waals surface area contributed by atoms with Crippen LogP contribution in [0.25, 0.3) is 0 Å². The van der Waals surface area contributed by atoms with Crippen LogP contribution in [0.1, 0.15) is 49.5 Å². The third-order valence-electron chi connectivity index (χ3n) is 3.56. The van der Waals surface area contributed by atoms with Crippen molar-refractivity contribution in [2.45, 2.75) is 45.9 Å². The molecule has 0 saturated carbocycles. The van der Waals surface area contributed by atoms with Crippen molar-refractivity contribution in [1.29, 1.82) is 0 Å². The highest BCUT2D eigenvalue weighted by Crippen LogP contribution is 2.28. The topological polar surface area (TPSA) is 57.6 Å². The van der Waals surface area contributed by atoms with E-state index in [9.17, 15) is 13.5 Å². The molecule has 1 aromatic carbocycles. The second-order valence-electron chi connectivity index (χ2n) is 5.14. The molecule has 19 heavy (non-hydrogen) atoms. The first-order valence-corrected chi connectivity index (χ1v) is 8.32. The summed E-state index contributed by atoms with van der Waals surface area (Å²) in [5, 5.41) is 9.57. The molecule has 106 valence electrons. The Balaban J connectivity index is 2.16. The van der Waals surface area contributed by atoms with Crippen LogP contribution in [-0.2, 0) is 23.1 Å². The standard InChI is InChI=1S/C14H21NO3S/c1-3-4-7-19(17,18)15-9-13-6-5-12(11(2)16)8-14(13)10-15/h5-6,8,11,16H,3-4,7,9-10H2,1-2H3. The van der Waals surface area contributed by atoms with Gasteiger partial charge in [-0.1, -0.05) is 31.5 Å². The van der Waals surface area contributed by atoms with Gasteiger partial charge >= 0.3 is 0 Å². The molecule has 1 aliphatic rings. The Labute approximate surface area is 115 Å². The smallest absolute Gasteiger partial charge is 0.214 e. The number of hydrogen-bond donors (Lipinski definition) is 1. The van der Waals surface area contributed by atoms with Gasteiger partial charge in [0.15, 0.2) is 0 Å². The maximum atomic E-state index is 12.2. The van der Waals surface area contributed by atoms with Crippen LogP contribution in [0.3, 0.4) is 0 Å². The van der Waals surface area contributed by atoms with E-state index < -0.39 is 16.1 Å². The van der Waals surface area contributed by atoms with Crippen LogP contribution >= 0.6 is 0 Å². The molecular formula is C14H21NO3S. The molecule has 0 aromatic heterocycles. The van der Waals surface area contributed by atoms with Crippen molar-refractivity contribution in [2.75, 3.05) is 5.75 Å². The number of nitrogens with zero attached hydrogens (tertiary/aromatic N) is 1. The monoisotopic (exact) mass is 283 g/mol. The lowest BCUT2D eigenvalue weighted by Crippen LogP contribution is -2.28. The summed E-state index contributed by atoms with van der Waals surface area (Å²) in [6, 6.07) is 5.70. The van der Waals surface area contributed by atoms with E-state index in [4.69, 9.17) is 0 Å². The van der Waals surface area contributed by atoms with Crippen LogP contribution in [0.15, 0.2) is 18.2 Å². The third-order valence-corrected chi connectivity index (χ3v) is 5.40. The van der Waals surface area contributed by atoms with Crippen LogP contribution in [0.4, 0.5) is 0 Å². The van der Waals surface area contributed by atoms with Gasteiger partial charge in [-0.3, -0.25) is 0 Å². The minimum Gasteiger partial charge on any atom is -0.389 e. The third kappa shape index (κ3) is 3.16. The summed E-state index contributed by atoms with van der Waals surface area (Å²) >= 11 is 0. The zero-order valence-electron chi connectivity index (χ0n) is 11.5. The van der Waals surface area contributed by atoms with Crippen molar-refractivity contribution in [3.63, 3.8) is 0 Å². The van der Waals surface area contributed by atoms with Gasteiger partial charge in [-0.05, 0) is 30.0 Å². The normalized spacial score (nSPS) is 17.4. The molecule has 1 aromatic rings. The second-order valence-corrected chi connectivity index (χ2v) is 7.23. The number of fused-ring (bicyclic) bond motifs is 1. The molecule has 1 atom stereocenters. The average molecular weight is 283 g/mol. The highest BCUT2D eigenvalue weighted by molar-refractivity contribution is 7.89. The summed E-state index contributed by atoms with van der Waals surface area (Å²) in [7, 11) is -3.15. The van der Waals surface area contributed by atoms with Gasteiger partial charge in [-0.25, -0.2) is 8.42 Å². The summed E-state index contributed by atoms with van der Waals surface area (Å²) in [6.07, 6.45) is 1.07. The molecule has 1 unspecified atom stereocenters. The van der Waals surface area contributed by atoms with E-state index in [1.54, 1.807) is 11.2 Å². The maximum Gasteiger partial charge on any atom is 0.214 e. The fraction of sp³-hybridized carbons (Fsp3) is 0.571. The zero-order chi connectivity index (χ0) is 14.0. The second kappa shape index (κ2) is 5.61. The molecule has 1 heterocycles. The molecular weight excluding hydrogens is 262 g/mol. The molecule has 1 N–H and O–H groups in total. The van der Waals surface area contributed by atoms with Crippen molar-refractivity contribution < 1.29 is 13.5 Å². The maximum absolute atomic E-state index is 12.2. The van der Waals surface area contributed by atoms with Crippen LogP contribution in [0, 0.1) is 0 Å². The van der Waals surface area contributed by atoms with E-state index >= 15 is 0 Å². The minimum atomic E-state index is -3.15. The number of sulfonamides is 1. The van der Waals surface area contributed by atoms with Gasteiger partial charge in [0.25, 0.3) is 0 Å². The highest BCUT2D eigenvalue weighted by atomic mass is 32.2. The van der Waals surface area contributed by atoms with E-state index in [0.717, 1.165) is 23.1 Å². The fourth-order valence-corrected chi connectivity index (χ4v) is 3.88. The fourth-order valence-electron chi connectivity index (χ4n) is 2.30. The molecule has 0 radical (unpaired) electrons.